The monoisotopic (exact) mass is 468 g/mol. The first-order valence-electron chi connectivity index (χ1n) is 12.1. The molecule has 0 bridgehead atoms. The van der Waals surface area contributed by atoms with Crippen molar-refractivity contribution >= 4 is 17.5 Å². The normalized spacial score (nSPS) is 20.3. The van der Waals surface area contributed by atoms with Gasteiger partial charge in [-0.25, -0.2) is 0 Å². The van der Waals surface area contributed by atoms with E-state index in [0.29, 0.717) is 24.2 Å². The molecule has 3 aromatic rings. The number of hydrogen-bond donors (Lipinski definition) is 1. The molecule has 4 rings (SSSR count). The highest BCUT2D eigenvalue weighted by Crippen LogP contribution is 2.42. The minimum absolute atomic E-state index is 0.00368. The molecule has 5 nitrogen and oxygen atoms in total. The number of amides is 1. The van der Waals surface area contributed by atoms with Crippen molar-refractivity contribution in [2.45, 2.75) is 19.8 Å². The van der Waals surface area contributed by atoms with Gasteiger partial charge in [-0.05, 0) is 30.5 Å². The summed E-state index contributed by atoms with van der Waals surface area (Å²) in [5.41, 5.74) is 4.52. The van der Waals surface area contributed by atoms with Gasteiger partial charge in [0.15, 0.2) is 11.6 Å². The molecule has 1 aliphatic rings. The Balaban J connectivity index is 1.85. The number of likely N-dealkylation sites (tertiary alicyclic amines) is 1. The van der Waals surface area contributed by atoms with Crippen molar-refractivity contribution in [2.75, 3.05) is 26.7 Å². The lowest BCUT2D eigenvalue weighted by Crippen LogP contribution is -2.52. The molecule has 0 aliphatic carbocycles. The highest BCUT2D eigenvalue weighted by Gasteiger charge is 2.45. The fraction of sp³-hybridized carbons (Fsp3) is 0.300. The SMILES string of the molecule is CNC(=O)CN1C[C@H](C(=O)c2ccccc2)[C@@H](c2cccc(C)c2C)[C@H](C(=O)c2ccccc2)C1. The Hall–Kier alpha value is -3.57. The predicted octanol–water partition coefficient (Wildman–Crippen LogP) is 4.45. The van der Waals surface area contributed by atoms with Crippen molar-refractivity contribution in [2.24, 2.45) is 11.8 Å². The molecule has 0 unspecified atom stereocenters. The highest BCUT2D eigenvalue weighted by atomic mass is 16.2. The number of rotatable bonds is 7. The number of nitrogens with zero attached hydrogens (tertiary/aromatic N) is 1. The van der Waals surface area contributed by atoms with Gasteiger partial charge in [0.25, 0.3) is 0 Å². The Bertz CT molecular complexity index is 1150. The van der Waals surface area contributed by atoms with Crippen LogP contribution in [0.2, 0.25) is 0 Å². The smallest absolute Gasteiger partial charge is 0.233 e. The van der Waals surface area contributed by atoms with Crippen molar-refractivity contribution in [1.29, 1.82) is 0 Å². The van der Waals surface area contributed by atoms with E-state index in [9.17, 15) is 14.4 Å². The van der Waals surface area contributed by atoms with Gasteiger partial charge in [-0.3, -0.25) is 19.3 Å². The van der Waals surface area contributed by atoms with E-state index >= 15 is 0 Å². The maximum absolute atomic E-state index is 13.9. The van der Waals surface area contributed by atoms with Crippen LogP contribution in [0.1, 0.15) is 43.3 Å². The molecule has 3 atom stereocenters. The lowest BCUT2D eigenvalue weighted by Gasteiger charge is -2.43. The van der Waals surface area contributed by atoms with Gasteiger partial charge in [0.05, 0.1) is 6.54 Å². The van der Waals surface area contributed by atoms with Gasteiger partial charge in [-0.1, -0.05) is 78.9 Å². The third kappa shape index (κ3) is 5.25. The second-order valence-electron chi connectivity index (χ2n) is 9.36. The van der Waals surface area contributed by atoms with E-state index < -0.39 is 11.8 Å². The molecule has 180 valence electrons. The number of nitrogens with one attached hydrogen (secondary N) is 1. The fourth-order valence-corrected chi connectivity index (χ4v) is 5.24. The minimum atomic E-state index is -0.464. The number of hydrogen-bond acceptors (Lipinski definition) is 4. The highest BCUT2D eigenvalue weighted by molar-refractivity contribution is 6.02. The predicted molar refractivity (Wildman–Crippen MR) is 138 cm³/mol. The largest absolute Gasteiger partial charge is 0.358 e. The van der Waals surface area contributed by atoms with Crippen molar-refractivity contribution in [3.8, 4) is 0 Å². The molecule has 35 heavy (non-hydrogen) atoms. The number of benzene rings is 3. The summed E-state index contributed by atoms with van der Waals surface area (Å²) in [4.78, 5) is 42.1. The van der Waals surface area contributed by atoms with Crippen LogP contribution in [0, 0.1) is 25.7 Å². The molecule has 0 aromatic heterocycles. The average molecular weight is 469 g/mol. The summed E-state index contributed by atoms with van der Waals surface area (Å²) < 4.78 is 0. The van der Waals surface area contributed by atoms with Crippen LogP contribution in [0.5, 0.6) is 0 Å². The van der Waals surface area contributed by atoms with Crippen LogP contribution in [0.25, 0.3) is 0 Å². The van der Waals surface area contributed by atoms with E-state index in [0.717, 1.165) is 16.7 Å². The lowest BCUT2D eigenvalue weighted by atomic mass is 9.67. The molecule has 1 amide bonds. The summed E-state index contributed by atoms with van der Waals surface area (Å²) in [6.45, 7) is 5.10. The second kappa shape index (κ2) is 10.8. The number of likely N-dealkylation sites (N-methyl/N-ethyl adjacent to an activating group) is 1. The first kappa shape index (κ1) is 24.6. The van der Waals surface area contributed by atoms with Crippen LogP contribution in [0.3, 0.4) is 0 Å². The minimum Gasteiger partial charge on any atom is -0.358 e. The maximum Gasteiger partial charge on any atom is 0.233 e. The van der Waals surface area contributed by atoms with Crippen molar-refractivity contribution in [1.82, 2.24) is 10.2 Å². The molecule has 1 saturated heterocycles. The van der Waals surface area contributed by atoms with E-state index in [1.807, 2.05) is 71.6 Å². The summed E-state index contributed by atoms with van der Waals surface area (Å²) in [6, 6.07) is 24.6. The molecule has 0 radical (unpaired) electrons. The molecule has 0 spiro atoms. The molecular formula is C30H32N2O3. The van der Waals surface area contributed by atoms with E-state index in [2.05, 4.69) is 31.3 Å². The zero-order valence-corrected chi connectivity index (χ0v) is 20.5. The van der Waals surface area contributed by atoms with Crippen LogP contribution >= 0.6 is 0 Å². The molecule has 1 N–H and O–H groups in total. The number of carbonyl (C=O) groups excluding carboxylic acids is 3. The number of carbonyl (C=O) groups is 3. The van der Waals surface area contributed by atoms with Crippen LogP contribution in [0.4, 0.5) is 0 Å². The van der Waals surface area contributed by atoms with Crippen LogP contribution in [-0.2, 0) is 4.79 Å². The molecular weight excluding hydrogens is 436 g/mol. The number of ketones is 2. The first-order valence-corrected chi connectivity index (χ1v) is 12.1. The Labute approximate surface area is 207 Å². The van der Waals surface area contributed by atoms with Gasteiger partial charge in [0.1, 0.15) is 0 Å². The van der Waals surface area contributed by atoms with Crippen LogP contribution < -0.4 is 5.32 Å². The average Bonchev–Trinajstić information content (AvgIpc) is 2.90. The summed E-state index contributed by atoms with van der Waals surface area (Å²) in [6.07, 6.45) is 0. The van der Waals surface area contributed by atoms with E-state index in [-0.39, 0.29) is 29.9 Å². The van der Waals surface area contributed by atoms with Gasteiger partial charge in [0.2, 0.25) is 5.91 Å². The Morgan fingerprint density at radius 1 is 0.771 bits per heavy atom. The molecule has 3 aromatic carbocycles. The molecule has 5 heteroatoms. The summed E-state index contributed by atoms with van der Waals surface area (Å²) in [7, 11) is 1.60. The Kier molecular flexibility index (Phi) is 7.57. The van der Waals surface area contributed by atoms with E-state index in [1.54, 1.807) is 7.05 Å². The number of piperidine rings is 1. The third-order valence-corrected chi connectivity index (χ3v) is 7.22. The fourth-order valence-electron chi connectivity index (χ4n) is 5.24. The van der Waals surface area contributed by atoms with Crippen LogP contribution in [0.15, 0.2) is 78.9 Å². The first-order chi connectivity index (χ1) is 16.9. The maximum atomic E-state index is 13.9. The summed E-state index contributed by atoms with van der Waals surface area (Å²) in [5, 5.41) is 2.67. The zero-order chi connectivity index (χ0) is 24.9. The zero-order valence-electron chi connectivity index (χ0n) is 20.5. The standard InChI is InChI=1S/C30H32N2O3/c1-20-11-10-16-24(21(20)2)28-25(29(34)22-12-6-4-7-13-22)17-32(19-27(33)31-3)18-26(28)30(35)23-14-8-5-9-15-23/h4-16,25-26,28H,17-19H2,1-3H3,(H,31,33)/t25-,26+,28+. The lowest BCUT2D eigenvalue weighted by molar-refractivity contribution is -0.122. The van der Waals surface area contributed by atoms with Gasteiger partial charge < -0.3 is 5.32 Å². The van der Waals surface area contributed by atoms with Crippen molar-refractivity contribution < 1.29 is 14.4 Å². The summed E-state index contributed by atoms with van der Waals surface area (Å²) in [5.74, 6) is -1.35. The topological polar surface area (TPSA) is 66.5 Å². The molecule has 1 aliphatic heterocycles. The van der Waals surface area contributed by atoms with E-state index in [4.69, 9.17) is 0 Å². The number of aryl methyl sites for hydroxylation is 1. The van der Waals surface area contributed by atoms with Gasteiger partial charge >= 0.3 is 0 Å². The Morgan fingerprint density at radius 2 is 1.29 bits per heavy atom. The molecule has 1 fully saturated rings. The molecule has 1 heterocycles. The molecule has 0 saturated carbocycles. The quantitative estimate of drug-likeness (QED) is 0.521. The summed E-state index contributed by atoms with van der Waals surface area (Å²) >= 11 is 0. The Morgan fingerprint density at radius 3 is 1.77 bits per heavy atom. The number of Topliss-reactive ketones (excluding diaryl/α,β-unsaturated/α-hetero) is 2. The van der Waals surface area contributed by atoms with Gasteiger partial charge in [-0.2, -0.15) is 0 Å². The van der Waals surface area contributed by atoms with Crippen molar-refractivity contribution in [3.05, 3.63) is 107 Å². The van der Waals surface area contributed by atoms with Crippen LogP contribution in [-0.4, -0.2) is 49.1 Å². The van der Waals surface area contributed by atoms with Crippen molar-refractivity contribution in [3.63, 3.8) is 0 Å². The van der Waals surface area contributed by atoms with Gasteiger partial charge in [0, 0.05) is 49.0 Å². The van der Waals surface area contributed by atoms with Gasteiger partial charge in [-0.15, -0.1) is 0 Å². The second-order valence-corrected chi connectivity index (χ2v) is 9.36. The third-order valence-electron chi connectivity index (χ3n) is 7.22. The van der Waals surface area contributed by atoms with E-state index in [1.165, 1.54) is 0 Å².